The summed E-state index contributed by atoms with van der Waals surface area (Å²) >= 11 is 1.47. The van der Waals surface area contributed by atoms with E-state index in [4.69, 9.17) is 4.74 Å². The van der Waals surface area contributed by atoms with E-state index >= 15 is 0 Å². The number of nitrogens with one attached hydrogen (secondary N) is 2. The van der Waals surface area contributed by atoms with Crippen LogP contribution in [0, 0.1) is 0 Å². The van der Waals surface area contributed by atoms with Gasteiger partial charge in [-0.3, -0.25) is 4.79 Å². The molecule has 3 rings (SSSR count). The Morgan fingerprint density at radius 2 is 1.96 bits per heavy atom. The lowest BCUT2D eigenvalue weighted by molar-refractivity contribution is -0.937. The number of quaternary nitrogens is 1. The molecule has 2 aromatic rings. The highest BCUT2D eigenvalue weighted by Gasteiger charge is 2.27. The summed E-state index contributed by atoms with van der Waals surface area (Å²) in [4.78, 5) is 16.7. The number of anilines is 1. The number of hydrogen-bond acceptors (Lipinski definition) is 4. The molecule has 1 aromatic carbocycles. The minimum Gasteiger partial charge on any atom is -0.378 e. The summed E-state index contributed by atoms with van der Waals surface area (Å²) in [5.74, 6) is 0.0116. The molecular formula is C19H26N3O2S+. The van der Waals surface area contributed by atoms with Crippen molar-refractivity contribution in [1.82, 2.24) is 5.32 Å². The Bertz CT molecular complexity index is 664. The fraction of sp³-hybridized carbons (Fsp3) is 0.421. The van der Waals surface area contributed by atoms with Gasteiger partial charge in [-0.1, -0.05) is 18.2 Å². The van der Waals surface area contributed by atoms with Gasteiger partial charge in [-0.2, -0.15) is 0 Å². The van der Waals surface area contributed by atoms with Crippen LogP contribution in [0.25, 0.3) is 0 Å². The summed E-state index contributed by atoms with van der Waals surface area (Å²) < 4.78 is 5.51. The molecule has 6 heteroatoms. The standard InChI is InChI=1S/C19H25N3O2S/c1-21(2)16-7-5-15(6-8-16)17(22-9-11-24-12-10-22)14-20-19(23)18-4-3-13-25-18/h3-8,13,17H,9-12,14H2,1-2H3,(H,20,23)/p+1/t17-/m0/s1. The SMILES string of the molecule is CN(C)c1ccc([C@H](CNC(=O)c2cccs2)[NH+]2CCOCC2)cc1. The van der Waals surface area contributed by atoms with E-state index < -0.39 is 0 Å². The first-order chi connectivity index (χ1) is 12.1. The monoisotopic (exact) mass is 360 g/mol. The zero-order chi connectivity index (χ0) is 17.6. The van der Waals surface area contributed by atoms with Crippen molar-refractivity contribution in [1.29, 1.82) is 0 Å². The Balaban J connectivity index is 1.73. The number of thiophene rings is 1. The molecule has 0 radical (unpaired) electrons. The number of carbonyl (C=O) groups excluding carboxylic acids is 1. The van der Waals surface area contributed by atoms with Gasteiger partial charge in [0.25, 0.3) is 5.91 Å². The van der Waals surface area contributed by atoms with Crippen LogP contribution in [0.15, 0.2) is 41.8 Å². The molecule has 1 fully saturated rings. The van der Waals surface area contributed by atoms with Crippen molar-refractivity contribution in [3.05, 3.63) is 52.2 Å². The Morgan fingerprint density at radius 1 is 1.24 bits per heavy atom. The van der Waals surface area contributed by atoms with Crippen molar-refractivity contribution in [3.8, 4) is 0 Å². The number of nitrogens with zero attached hydrogens (tertiary/aromatic N) is 1. The van der Waals surface area contributed by atoms with Crippen LogP contribution < -0.4 is 15.1 Å². The van der Waals surface area contributed by atoms with Crippen molar-refractivity contribution in [3.63, 3.8) is 0 Å². The number of hydrogen-bond donors (Lipinski definition) is 2. The highest BCUT2D eigenvalue weighted by molar-refractivity contribution is 7.12. The van der Waals surface area contributed by atoms with E-state index in [1.165, 1.54) is 27.5 Å². The third kappa shape index (κ3) is 4.60. The maximum atomic E-state index is 12.3. The zero-order valence-electron chi connectivity index (χ0n) is 14.8. The first-order valence-electron chi connectivity index (χ1n) is 8.66. The second-order valence-electron chi connectivity index (χ2n) is 6.50. The second-order valence-corrected chi connectivity index (χ2v) is 7.44. The lowest BCUT2D eigenvalue weighted by Gasteiger charge is -2.32. The van der Waals surface area contributed by atoms with Crippen LogP contribution in [0.1, 0.15) is 21.3 Å². The average molecular weight is 361 g/mol. The Morgan fingerprint density at radius 3 is 2.56 bits per heavy atom. The van der Waals surface area contributed by atoms with Gasteiger partial charge in [-0.25, -0.2) is 0 Å². The maximum absolute atomic E-state index is 12.3. The topological polar surface area (TPSA) is 46.0 Å². The van der Waals surface area contributed by atoms with Gasteiger partial charge in [0.05, 0.1) is 24.6 Å². The van der Waals surface area contributed by atoms with Gasteiger partial charge >= 0.3 is 0 Å². The van der Waals surface area contributed by atoms with Gasteiger partial charge in [-0.15, -0.1) is 11.3 Å². The lowest BCUT2D eigenvalue weighted by atomic mass is 10.0. The van der Waals surface area contributed by atoms with Crippen molar-refractivity contribution < 1.29 is 14.4 Å². The summed E-state index contributed by atoms with van der Waals surface area (Å²) in [6, 6.07) is 12.7. The first kappa shape index (κ1) is 17.9. The highest BCUT2D eigenvalue weighted by atomic mass is 32.1. The summed E-state index contributed by atoms with van der Waals surface area (Å²) in [6.45, 7) is 4.12. The average Bonchev–Trinajstić information content (AvgIpc) is 3.18. The van der Waals surface area contributed by atoms with Gasteiger partial charge < -0.3 is 19.9 Å². The molecule has 134 valence electrons. The van der Waals surface area contributed by atoms with Crippen LogP contribution in [0.5, 0.6) is 0 Å². The molecule has 5 nitrogen and oxygen atoms in total. The molecule has 1 aromatic heterocycles. The van der Waals surface area contributed by atoms with E-state index in [0.717, 1.165) is 31.2 Å². The Hall–Kier alpha value is -1.89. The van der Waals surface area contributed by atoms with Crippen LogP contribution in [-0.2, 0) is 4.74 Å². The van der Waals surface area contributed by atoms with Crippen LogP contribution in [0.2, 0.25) is 0 Å². The third-order valence-electron chi connectivity index (χ3n) is 4.65. The minimum atomic E-state index is 0.0116. The molecule has 1 aliphatic rings. The van der Waals surface area contributed by atoms with Gasteiger partial charge in [0.1, 0.15) is 19.1 Å². The molecular weight excluding hydrogens is 334 g/mol. The van der Waals surface area contributed by atoms with E-state index in [9.17, 15) is 4.79 Å². The van der Waals surface area contributed by atoms with Crippen LogP contribution in [0.4, 0.5) is 5.69 Å². The van der Waals surface area contributed by atoms with Crippen LogP contribution in [-0.4, -0.2) is 52.9 Å². The van der Waals surface area contributed by atoms with Crippen molar-refractivity contribution in [2.24, 2.45) is 0 Å². The summed E-state index contributed by atoms with van der Waals surface area (Å²) in [7, 11) is 4.09. The summed E-state index contributed by atoms with van der Waals surface area (Å²) in [5, 5.41) is 5.05. The largest absolute Gasteiger partial charge is 0.378 e. The van der Waals surface area contributed by atoms with E-state index in [1.54, 1.807) is 0 Å². The fourth-order valence-electron chi connectivity index (χ4n) is 3.17. The lowest BCUT2D eigenvalue weighted by Crippen LogP contribution is -3.15. The zero-order valence-corrected chi connectivity index (χ0v) is 15.6. The fourth-order valence-corrected chi connectivity index (χ4v) is 3.81. The van der Waals surface area contributed by atoms with Crippen molar-refractivity contribution >= 4 is 22.9 Å². The number of benzene rings is 1. The molecule has 0 aliphatic carbocycles. The smallest absolute Gasteiger partial charge is 0.261 e. The number of ether oxygens (including phenoxy) is 1. The molecule has 0 bridgehead atoms. The number of rotatable bonds is 6. The maximum Gasteiger partial charge on any atom is 0.261 e. The van der Waals surface area contributed by atoms with Crippen molar-refractivity contribution in [2.45, 2.75) is 6.04 Å². The second kappa shape index (κ2) is 8.47. The molecule has 2 heterocycles. The Kier molecular flexibility index (Phi) is 6.07. The molecule has 1 amide bonds. The first-order valence-corrected chi connectivity index (χ1v) is 9.54. The van der Waals surface area contributed by atoms with Gasteiger partial charge in [0, 0.05) is 25.3 Å². The van der Waals surface area contributed by atoms with Crippen LogP contribution >= 0.6 is 11.3 Å². The van der Waals surface area contributed by atoms with E-state index in [-0.39, 0.29) is 11.9 Å². The predicted molar refractivity (Wildman–Crippen MR) is 102 cm³/mol. The molecule has 0 unspecified atom stereocenters. The predicted octanol–water partition coefficient (Wildman–Crippen LogP) is 1.20. The molecule has 0 spiro atoms. The van der Waals surface area contributed by atoms with E-state index in [2.05, 4.69) is 34.5 Å². The molecule has 0 saturated carbocycles. The molecule has 1 aliphatic heterocycles. The third-order valence-corrected chi connectivity index (χ3v) is 5.52. The van der Waals surface area contributed by atoms with Gasteiger partial charge in [0.15, 0.2) is 0 Å². The number of amides is 1. The minimum absolute atomic E-state index is 0.0116. The summed E-state index contributed by atoms with van der Waals surface area (Å²) in [6.07, 6.45) is 0. The number of carbonyl (C=O) groups is 1. The van der Waals surface area contributed by atoms with E-state index in [1.807, 2.05) is 31.6 Å². The van der Waals surface area contributed by atoms with E-state index in [0.29, 0.717) is 6.54 Å². The number of morpholine rings is 1. The van der Waals surface area contributed by atoms with Crippen molar-refractivity contribution in [2.75, 3.05) is 51.8 Å². The molecule has 1 saturated heterocycles. The summed E-state index contributed by atoms with van der Waals surface area (Å²) in [5.41, 5.74) is 2.44. The highest BCUT2D eigenvalue weighted by Crippen LogP contribution is 2.17. The molecule has 2 N–H and O–H groups in total. The normalized spacial score (nSPS) is 16.4. The molecule has 25 heavy (non-hydrogen) atoms. The molecule has 1 atom stereocenters. The van der Waals surface area contributed by atoms with Gasteiger partial charge in [-0.05, 0) is 23.6 Å². The Labute approximate surface area is 153 Å². The quantitative estimate of drug-likeness (QED) is 0.814. The van der Waals surface area contributed by atoms with Gasteiger partial charge in [0.2, 0.25) is 0 Å². The van der Waals surface area contributed by atoms with Crippen LogP contribution in [0.3, 0.4) is 0 Å².